The molecule has 4 rings (SSSR count). The number of methoxy groups -OCH3 is 1. The van der Waals surface area contributed by atoms with E-state index >= 15 is 0 Å². The molecule has 0 radical (unpaired) electrons. The molecule has 178 valence electrons. The van der Waals surface area contributed by atoms with Gasteiger partial charge in [-0.05, 0) is 12.5 Å². The second-order valence-electron chi connectivity index (χ2n) is 9.23. The maximum Gasteiger partial charge on any atom is 0.225 e. The van der Waals surface area contributed by atoms with Crippen LogP contribution in [0.1, 0.15) is 36.2 Å². The highest BCUT2D eigenvalue weighted by Gasteiger charge is 2.27. The third-order valence-corrected chi connectivity index (χ3v) is 6.23. The predicted octanol–water partition coefficient (Wildman–Crippen LogP) is 4.49. The summed E-state index contributed by atoms with van der Waals surface area (Å²) in [7, 11) is 1.71. The largest absolute Gasteiger partial charge is 0.378 e. The average Bonchev–Trinajstić information content (AvgIpc) is 2.85. The Kier molecular flexibility index (Phi) is 7.58. The first-order chi connectivity index (χ1) is 16.5. The molecule has 2 aromatic carbocycles. The summed E-state index contributed by atoms with van der Waals surface area (Å²) >= 11 is 0. The van der Waals surface area contributed by atoms with Crippen molar-refractivity contribution in [1.82, 2.24) is 14.9 Å². The van der Waals surface area contributed by atoms with E-state index in [0.717, 1.165) is 42.1 Å². The van der Waals surface area contributed by atoms with Crippen molar-refractivity contribution in [2.75, 3.05) is 38.2 Å². The summed E-state index contributed by atoms with van der Waals surface area (Å²) in [4.78, 5) is 26.8. The number of ether oxygens (including phenoxy) is 1. The van der Waals surface area contributed by atoms with Crippen LogP contribution in [0.25, 0.3) is 11.4 Å². The van der Waals surface area contributed by atoms with E-state index < -0.39 is 0 Å². The summed E-state index contributed by atoms with van der Waals surface area (Å²) in [6.45, 7) is 9.34. The Hall–Kier alpha value is -3.25. The van der Waals surface area contributed by atoms with E-state index in [1.54, 1.807) is 7.11 Å². The molecule has 3 aromatic rings. The van der Waals surface area contributed by atoms with Gasteiger partial charge < -0.3 is 14.5 Å². The van der Waals surface area contributed by atoms with E-state index in [9.17, 15) is 4.79 Å². The van der Waals surface area contributed by atoms with Crippen molar-refractivity contribution in [3.8, 4) is 11.4 Å². The minimum Gasteiger partial charge on any atom is -0.378 e. The smallest absolute Gasteiger partial charge is 0.225 e. The Labute approximate surface area is 202 Å². The van der Waals surface area contributed by atoms with E-state index in [2.05, 4.69) is 36.1 Å². The number of carbonyl (C=O) groups excluding carboxylic acids is 1. The summed E-state index contributed by atoms with van der Waals surface area (Å²) in [5, 5.41) is 0. The molecule has 0 saturated carbocycles. The number of rotatable bonds is 7. The van der Waals surface area contributed by atoms with Crippen LogP contribution in [0.4, 0.5) is 5.82 Å². The summed E-state index contributed by atoms with van der Waals surface area (Å²) in [5.74, 6) is 1.88. The zero-order chi connectivity index (χ0) is 24.1. The fourth-order valence-corrected chi connectivity index (χ4v) is 4.46. The van der Waals surface area contributed by atoms with E-state index in [1.807, 2.05) is 49.1 Å². The van der Waals surface area contributed by atoms with Crippen molar-refractivity contribution >= 4 is 11.7 Å². The molecular weight excluding hydrogens is 424 g/mol. The lowest BCUT2D eigenvalue weighted by molar-refractivity contribution is -0.134. The SMILES string of the molecule is COCc1nc(-c2ccccc2)nc(N2CCN(C(=O)C(C)C)CC2)c1Cc1cccc(C)c1. The molecule has 0 spiro atoms. The maximum atomic E-state index is 12.5. The van der Waals surface area contributed by atoms with Crippen LogP contribution in [-0.4, -0.2) is 54.1 Å². The Morgan fingerprint density at radius 1 is 1.00 bits per heavy atom. The summed E-state index contributed by atoms with van der Waals surface area (Å²) in [5.41, 5.74) is 5.44. The number of aromatic nitrogens is 2. The van der Waals surface area contributed by atoms with Gasteiger partial charge in [-0.25, -0.2) is 9.97 Å². The molecule has 1 amide bonds. The number of hydrogen-bond donors (Lipinski definition) is 0. The molecule has 2 heterocycles. The number of anilines is 1. The summed E-state index contributed by atoms with van der Waals surface area (Å²) < 4.78 is 5.58. The van der Waals surface area contributed by atoms with Gasteiger partial charge in [0.2, 0.25) is 5.91 Å². The highest BCUT2D eigenvalue weighted by molar-refractivity contribution is 5.78. The number of piperazine rings is 1. The van der Waals surface area contributed by atoms with Crippen LogP contribution in [-0.2, 0) is 22.6 Å². The number of benzene rings is 2. The molecule has 1 aliphatic rings. The molecule has 1 fully saturated rings. The minimum atomic E-state index is 0.0143. The van der Waals surface area contributed by atoms with Gasteiger partial charge in [-0.15, -0.1) is 0 Å². The lowest BCUT2D eigenvalue weighted by Crippen LogP contribution is -2.50. The third kappa shape index (κ3) is 5.45. The van der Waals surface area contributed by atoms with Crippen LogP contribution in [0.5, 0.6) is 0 Å². The van der Waals surface area contributed by atoms with Gasteiger partial charge in [0.05, 0.1) is 12.3 Å². The first-order valence-electron chi connectivity index (χ1n) is 12.0. The van der Waals surface area contributed by atoms with Crippen LogP contribution in [0.15, 0.2) is 54.6 Å². The summed E-state index contributed by atoms with van der Waals surface area (Å²) in [6, 6.07) is 18.6. The molecule has 1 saturated heterocycles. The molecular formula is C28H34N4O2. The van der Waals surface area contributed by atoms with Gasteiger partial charge in [0.1, 0.15) is 5.82 Å². The van der Waals surface area contributed by atoms with Gasteiger partial charge in [-0.2, -0.15) is 0 Å². The monoisotopic (exact) mass is 458 g/mol. The first-order valence-corrected chi connectivity index (χ1v) is 12.0. The van der Waals surface area contributed by atoms with Crippen molar-refractivity contribution in [1.29, 1.82) is 0 Å². The normalized spacial score (nSPS) is 14.0. The number of hydrogen-bond acceptors (Lipinski definition) is 5. The van der Waals surface area contributed by atoms with Crippen molar-refractivity contribution in [3.63, 3.8) is 0 Å². The van der Waals surface area contributed by atoms with E-state index in [4.69, 9.17) is 14.7 Å². The first kappa shape index (κ1) is 23.9. The fourth-order valence-electron chi connectivity index (χ4n) is 4.46. The van der Waals surface area contributed by atoms with Gasteiger partial charge in [-0.1, -0.05) is 74.0 Å². The predicted molar refractivity (Wildman–Crippen MR) is 136 cm³/mol. The van der Waals surface area contributed by atoms with Gasteiger partial charge in [0, 0.05) is 56.8 Å². The topological polar surface area (TPSA) is 58.6 Å². The molecule has 0 N–H and O–H groups in total. The van der Waals surface area contributed by atoms with Gasteiger partial charge >= 0.3 is 0 Å². The number of nitrogens with zero attached hydrogens (tertiary/aromatic N) is 4. The van der Waals surface area contributed by atoms with Crippen molar-refractivity contribution in [2.24, 2.45) is 5.92 Å². The molecule has 6 nitrogen and oxygen atoms in total. The average molecular weight is 459 g/mol. The zero-order valence-corrected chi connectivity index (χ0v) is 20.6. The minimum absolute atomic E-state index is 0.0143. The highest BCUT2D eigenvalue weighted by Crippen LogP contribution is 2.29. The molecule has 34 heavy (non-hydrogen) atoms. The standard InChI is InChI=1S/C28H34N4O2/c1-20(2)28(33)32-15-13-31(14-16-32)27-24(18-22-10-8-9-21(3)17-22)25(19-34-4)29-26(30-27)23-11-6-5-7-12-23/h5-12,17,20H,13-16,18-19H2,1-4H3. The second-order valence-corrected chi connectivity index (χ2v) is 9.23. The van der Waals surface area contributed by atoms with Gasteiger partial charge in [0.25, 0.3) is 0 Å². The van der Waals surface area contributed by atoms with Gasteiger partial charge in [-0.3, -0.25) is 4.79 Å². The second kappa shape index (κ2) is 10.8. The van der Waals surface area contributed by atoms with Crippen LogP contribution in [0.3, 0.4) is 0 Å². The van der Waals surface area contributed by atoms with Crippen LogP contribution in [0.2, 0.25) is 0 Å². The molecule has 0 bridgehead atoms. The van der Waals surface area contributed by atoms with Gasteiger partial charge in [0.15, 0.2) is 5.82 Å². The number of carbonyl (C=O) groups is 1. The van der Waals surface area contributed by atoms with Crippen LogP contribution < -0.4 is 4.90 Å². The molecule has 1 aromatic heterocycles. The number of aryl methyl sites for hydroxylation is 1. The quantitative estimate of drug-likeness (QED) is 0.522. The lowest BCUT2D eigenvalue weighted by atomic mass is 10.0. The molecule has 0 unspecified atom stereocenters. The van der Waals surface area contributed by atoms with E-state index in [1.165, 1.54) is 11.1 Å². The van der Waals surface area contributed by atoms with E-state index in [0.29, 0.717) is 25.5 Å². The van der Waals surface area contributed by atoms with Crippen molar-refractivity contribution in [2.45, 2.75) is 33.8 Å². The number of amides is 1. The van der Waals surface area contributed by atoms with Crippen molar-refractivity contribution in [3.05, 3.63) is 77.0 Å². The fraction of sp³-hybridized carbons (Fsp3) is 0.393. The summed E-state index contributed by atoms with van der Waals surface area (Å²) in [6.07, 6.45) is 0.732. The Morgan fingerprint density at radius 2 is 1.74 bits per heavy atom. The Bertz CT molecular complexity index is 1120. The molecule has 6 heteroatoms. The zero-order valence-electron chi connectivity index (χ0n) is 20.6. The maximum absolute atomic E-state index is 12.5. The van der Waals surface area contributed by atoms with E-state index in [-0.39, 0.29) is 11.8 Å². The third-order valence-electron chi connectivity index (χ3n) is 6.23. The molecule has 0 atom stereocenters. The highest BCUT2D eigenvalue weighted by atomic mass is 16.5. The van der Waals surface area contributed by atoms with Crippen LogP contribution in [0, 0.1) is 12.8 Å². The van der Waals surface area contributed by atoms with Crippen LogP contribution >= 0.6 is 0 Å². The molecule has 1 aliphatic heterocycles. The lowest BCUT2D eigenvalue weighted by Gasteiger charge is -2.37. The molecule has 0 aliphatic carbocycles. The van der Waals surface area contributed by atoms with Crippen molar-refractivity contribution < 1.29 is 9.53 Å². The Morgan fingerprint density at radius 3 is 2.38 bits per heavy atom. The Balaban J connectivity index is 1.75.